The molecule has 4 nitrogen and oxygen atoms in total. The van der Waals surface area contributed by atoms with Crippen molar-refractivity contribution in [1.82, 2.24) is 0 Å². The Bertz CT molecular complexity index is 593. The van der Waals surface area contributed by atoms with Gasteiger partial charge in [0.05, 0.1) is 13.7 Å². The summed E-state index contributed by atoms with van der Waals surface area (Å²) in [5.41, 5.74) is 1.63. The van der Waals surface area contributed by atoms with E-state index in [2.05, 4.69) is 0 Å². The minimum atomic E-state index is -0.713. The molecule has 0 saturated heterocycles. The highest BCUT2D eigenvalue weighted by molar-refractivity contribution is 5.78. The van der Waals surface area contributed by atoms with Crippen LogP contribution in [0.4, 0.5) is 4.79 Å². The van der Waals surface area contributed by atoms with E-state index in [4.69, 9.17) is 14.2 Å². The zero-order chi connectivity index (χ0) is 14.4. The van der Waals surface area contributed by atoms with E-state index in [1.165, 1.54) is 0 Å². The Kier molecular flexibility index (Phi) is 4.60. The first kappa shape index (κ1) is 13.9. The SMILES string of the molecule is CCOC(=O)Oc1ccccc1-c1ccccc1OC. The van der Waals surface area contributed by atoms with Crippen LogP contribution in [0.25, 0.3) is 11.1 Å². The lowest BCUT2D eigenvalue weighted by atomic mass is 10.0. The van der Waals surface area contributed by atoms with Crippen LogP contribution in [0.2, 0.25) is 0 Å². The van der Waals surface area contributed by atoms with Gasteiger partial charge in [-0.25, -0.2) is 4.79 Å². The summed E-state index contributed by atoms with van der Waals surface area (Å²) in [6.07, 6.45) is -0.713. The first-order valence-electron chi connectivity index (χ1n) is 6.33. The summed E-state index contributed by atoms with van der Waals surface area (Å²) in [6, 6.07) is 14.8. The highest BCUT2D eigenvalue weighted by Crippen LogP contribution is 2.36. The molecule has 20 heavy (non-hydrogen) atoms. The second-order valence-corrected chi connectivity index (χ2v) is 3.98. The van der Waals surface area contributed by atoms with Crippen molar-refractivity contribution in [3.63, 3.8) is 0 Å². The first-order chi connectivity index (χ1) is 9.76. The quantitative estimate of drug-likeness (QED) is 0.625. The van der Waals surface area contributed by atoms with Gasteiger partial charge in [0.2, 0.25) is 0 Å². The molecule has 0 aliphatic heterocycles. The molecule has 0 saturated carbocycles. The van der Waals surface area contributed by atoms with Crippen LogP contribution in [0, 0.1) is 0 Å². The number of benzene rings is 2. The molecule has 0 fully saturated rings. The van der Waals surface area contributed by atoms with Crippen LogP contribution < -0.4 is 9.47 Å². The van der Waals surface area contributed by atoms with Crippen molar-refractivity contribution < 1.29 is 19.0 Å². The predicted molar refractivity (Wildman–Crippen MR) is 76.1 cm³/mol. The van der Waals surface area contributed by atoms with Crippen molar-refractivity contribution in [3.8, 4) is 22.6 Å². The average Bonchev–Trinajstić information content (AvgIpc) is 2.48. The maximum absolute atomic E-state index is 11.5. The van der Waals surface area contributed by atoms with Gasteiger partial charge in [0, 0.05) is 11.1 Å². The van der Waals surface area contributed by atoms with E-state index < -0.39 is 6.16 Å². The number of carbonyl (C=O) groups excluding carboxylic acids is 1. The predicted octanol–water partition coefficient (Wildman–Crippen LogP) is 3.90. The number of ether oxygens (including phenoxy) is 3. The minimum absolute atomic E-state index is 0.273. The minimum Gasteiger partial charge on any atom is -0.496 e. The molecule has 0 aliphatic rings. The maximum atomic E-state index is 11.5. The fraction of sp³-hybridized carbons (Fsp3) is 0.188. The van der Waals surface area contributed by atoms with Crippen molar-refractivity contribution in [1.29, 1.82) is 0 Å². The topological polar surface area (TPSA) is 44.8 Å². The monoisotopic (exact) mass is 272 g/mol. The van der Waals surface area contributed by atoms with Gasteiger partial charge in [-0.1, -0.05) is 36.4 Å². The third-order valence-corrected chi connectivity index (χ3v) is 2.74. The van der Waals surface area contributed by atoms with E-state index in [0.29, 0.717) is 11.5 Å². The molecule has 0 unspecified atom stereocenters. The maximum Gasteiger partial charge on any atom is 0.513 e. The summed E-state index contributed by atoms with van der Waals surface area (Å²) in [4.78, 5) is 11.5. The van der Waals surface area contributed by atoms with Gasteiger partial charge in [0.25, 0.3) is 0 Å². The molecule has 0 amide bonds. The van der Waals surface area contributed by atoms with Crippen LogP contribution in [0.15, 0.2) is 48.5 Å². The average molecular weight is 272 g/mol. The van der Waals surface area contributed by atoms with Crippen LogP contribution in [0.1, 0.15) is 6.92 Å². The van der Waals surface area contributed by atoms with Crippen LogP contribution in [-0.4, -0.2) is 19.9 Å². The molecule has 2 aromatic rings. The molecule has 0 radical (unpaired) electrons. The van der Waals surface area contributed by atoms with Crippen molar-refractivity contribution in [2.24, 2.45) is 0 Å². The lowest BCUT2D eigenvalue weighted by Crippen LogP contribution is -2.10. The van der Waals surface area contributed by atoms with Crippen LogP contribution in [0.5, 0.6) is 11.5 Å². The highest BCUT2D eigenvalue weighted by Gasteiger charge is 2.13. The third-order valence-electron chi connectivity index (χ3n) is 2.74. The van der Waals surface area contributed by atoms with E-state index in [1.807, 2.05) is 36.4 Å². The third kappa shape index (κ3) is 3.09. The fourth-order valence-corrected chi connectivity index (χ4v) is 1.88. The normalized spacial score (nSPS) is 9.90. The molecule has 4 heteroatoms. The van der Waals surface area contributed by atoms with Gasteiger partial charge in [-0.2, -0.15) is 0 Å². The smallest absolute Gasteiger partial charge is 0.496 e. The largest absolute Gasteiger partial charge is 0.513 e. The highest BCUT2D eigenvalue weighted by atomic mass is 16.7. The molecule has 0 N–H and O–H groups in total. The molecule has 2 aromatic carbocycles. The second kappa shape index (κ2) is 6.61. The molecule has 104 valence electrons. The molecule has 0 heterocycles. The summed E-state index contributed by atoms with van der Waals surface area (Å²) >= 11 is 0. The molecule has 0 aliphatic carbocycles. The lowest BCUT2D eigenvalue weighted by Gasteiger charge is -2.12. The van der Waals surface area contributed by atoms with Gasteiger partial charge in [-0.05, 0) is 19.1 Å². The van der Waals surface area contributed by atoms with E-state index in [0.717, 1.165) is 11.1 Å². The number of hydrogen-bond donors (Lipinski definition) is 0. The number of para-hydroxylation sites is 2. The zero-order valence-electron chi connectivity index (χ0n) is 11.5. The van der Waals surface area contributed by atoms with E-state index in [9.17, 15) is 4.79 Å². The summed E-state index contributed by atoms with van der Waals surface area (Å²) in [5.74, 6) is 1.16. The fourth-order valence-electron chi connectivity index (χ4n) is 1.88. The summed E-state index contributed by atoms with van der Waals surface area (Å²) in [6.45, 7) is 2.00. The van der Waals surface area contributed by atoms with Crippen molar-refractivity contribution in [2.45, 2.75) is 6.92 Å². The van der Waals surface area contributed by atoms with Gasteiger partial charge in [-0.3, -0.25) is 0 Å². The van der Waals surface area contributed by atoms with Gasteiger partial charge in [-0.15, -0.1) is 0 Å². The second-order valence-electron chi connectivity index (χ2n) is 3.98. The molecule has 0 atom stereocenters. The van der Waals surface area contributed by atoms with Gasteiger partial charge in [0.15, 0.2) is 0 Å². The van der Waals surface area contributed by atoms with Crippen molar-refractivity contribution in [3.05, 3.63) is 48.5 Å². The molecular formula is C16H16O4. The Morgan fingerprint density at radius 1 is 0.950 bits per heavy atom. The Balaban J connectivity index is 2.39. The van der Waals surface area contributed by atoms with Gasteiger partial charge >= 0.3 is 6.16 Å². The number of rotatable bonds is 4. The van der Waals surface area contributed by atoms with Crippen molar-refractivity contribution in [2.75, 3.05) is 13.7 Å². The van der Waals surface area contributed by atoms with E-state index >= 15 is 0 Å². The first-order valence-corrected chi connectivity index (χ1v) is 6.33. The Labute approximate surface area is 117 Å². The van der Waals surface area contributed by atoms with Crippen molar-refractivity contribution >= 4 is 6.16 Å². The van der Waals surface area contributed by atoms with Gasteiger partial charge in [0.1, 0.15) is 11.5 Å². The molecule has 0 bridgehead atoms. The summed E-state index contributed by atoms with van der Waals surface area (Å²) in [5, 5.41) is 0. The van der Waals surface area contributed by atoms with Crippen LogP contribution in [-0.2, 0) is 4.74 Å². The molecular weight excluding hydrogens is 256 g/mol. The standard InChI is InChI=1S/C16H16O4/c1-3-19-16(17)20-15-11-7-5-9-13(15)12-8-4-6-10-14(12)18-2/h4-11H,3H2,1-2H3. The number of hydrogen-bond acceptors (Lipinski definition) is 4. The molecule has 2 rings (SSSR count). The lowest BCUT2D eigenvalue weighted by molar-refractivity contribution is 0.104. The molecule has 0 aromatic heterocycles. The van der Waals surface area contributed by atoms with E-state index in [1.54, 1.807) is 26.2 Å². The number of carbonyl (C=O) groups is 1. The van der Waals surface area contributed by atoms with Crippen LogP contribution in [0.3, 0.4) is 0 Å². The van der Waals surface area contributed by atoms with E-state index in [-0.39, 0.29) is 6.61 Å². The summed E-state index contributed by atoms with van der Waals surface area (Å²) < 4.78 is 15.4. The van der Waals surface area contributed by atoms with Crippen LogP contribution >= 0.6 is 0 Å². The molecule has 0 spiro atoms. The van der Waals surface area contributed by atoms with Gasteiger partial charge < -0.3 is 14.2 Å². The Morgan fingerprint density at radius 3 is 2.10 bits per heavy atom. The number of methoxy groups -OCH3 is 1. The zero-order valence-corrected chi connectivity index (χ0v) is 11.5. The Hall–Kier alpha value is -2.49. The summed E-state index contributed by atoms with van der Waals surface area (Å²) in [7, 11) is 1.60. The Morgan fingerprint density at radius 2 is 1.50 bits per heavy atom.